The number of likely N-dealkylation sites (tertiary alicyclic amines) is 1. The highest BCUT2D eigenvalue weighted by Gasteiger charge is 2.46. The molecular formula is C11H22N2O. The Morgan fingerprint density at radius 2 is 1.79 bits per heavy atom. The van der Waals surface area contributed by atoms with Crippen LogP contribution in [0.3, 0.4) is 0 Å². The molecule has 0 aromatic carbocycles. The monoisotopic (exact) mass is 198 g/mol. The number of nitrogens with zero attached hydrogens (tertiary/aromatic N) is 2. The first kappa shape index (κ1) is 10.4. The smallest absolute Gasteiger partial charge is 0.0692 e. The van der Waals surface area contributed by atoms with E-state index >= 15 is 0 Å². The molecule has 3 heteroatoms. The van der Waals surface area contributed by atoms with Gasteiger partial charge < -0.3 is 4.90 Å². The fraction of sp³-hybridized carbons (Fsp3) is 1.00. The maximum absolute atomic E-state index is 5.72. The summed E-state index contributed by atoms with van der Waals surface area (Å²) in [4.78, 5) is 8.12. The lowest BCUT2D eigenvalue weighted by Crippen LogP contribution is -2.64. The fourth-order valence-corrected chi connectivity index (χ4v) is 2.59. The number of hydrogen-bond acceptors (Lipinski definition) is 3. The van der Waals surface area contributed by atoms with Crippen molar-refractivity contribution in [1.29, 1.82) is 0 Å². The van der Waals surface area contributed by atoms with Crippen LogP contribution in [0, 0.1) is 5.41 Å². The Kier molecular flexibility index (Phi) is 2.37. The topological polar surface area (TPSA) is 15.7 Å². The normalized spacial score (nSPS) is 29.1. The minimum absolute atomic E-state index is 0.140. The van der Waals surface area contributed by atoms with Gasteiger partial charge in [-0.3, -0.25) is 4.84 Å². The van der Waals surface area contributed by atoms with Crippen LogP contribution in [0.15, 0.2) is 0 Å². The first-order valence-corrected chi connectivity index (χ1v) is 5.50. The van der Waals surface area contributed by atoms with Gasteiger partial charge in [-0.1, -0.05) is 0 Å². The number of hydroxylamine groups is 2. The number of rotatable bonds is 0. The maximum Gasteiger partial charge on any atom is 0.0692 e. The molecule has 82 valence electrons. The molecule has 3 nitrogen and oxygen atoms in total. The van der Waals surface area contributed by atoms with Crippen LogP contribution in [0.25, 0.3) is 0 Å². The SMILES string of the molecule is CN1CC2(CCON(C(C)(C)C)C2)C1. The number of hydrogen-bond donors (Lipinski definition) is 0. The van der Waals surface area contributed by atoms with Gasteiger partial charge in [0.25, 0.3) is 0 Å². The zero-order valence-corrected chi connectivity index (χ0v) is 9.84. The minimum atomic E-state index is 0.140. The van der Waals surface area contributed by atoms with Gasteiger partial charge in [0.05, 0.1) is 6.61 Å². The Hall–Kier alpha value is -0.120. The summed E-state index contributed by atoms with van der Waals surface area (Å²) in [6, 6.07) is 0. The van der Waals surface area contributed by atoms with Crippen molar-refractivity contribution in [3.8, 4) is 0 Å². The molecule has 1 spiro atoms. The Morgan fingerprint density at radius 1 is 1.14 bits per heavy atom. The second-order valence-electron chi connectivity index (χ2n) is 5.96. The van der Waals surface area contributed by atoms with Crippen molar-refractivity contribution in [2.75, 3.05) is 33.3 Å². The van der Waals surface area contributed by atoms with Crippen molar-refractivity contribution in [1.82, 2.24) is 9.96 Å². The van der Waals surface area contributed by atoms with Gasteiger partial charge in [0.15, 0.2) is 0 Å². The highest BCUT2D eigenvalue weighted by Crippen LogP contribution is 2.38. The van der Waals surface area contributed by atoms with Crippen LogP contribution in [0.4, 0.5) is 0 Å². The molecule has 0 bridgehead atoms. The van der Waals surface area contributed by atoms with Gasteiger partial charge in [-0.2, -0.15) is 5.06 Å². The quantitative estimate of drug-likeness (QED) is 0.584. The van der Waals surface area contributed by atoms with Crippen LogP contribution < -0.4 is 0 Å². The summed E-state index contributed by atoms with van der Waals surface area (Å²) < 4.78 is 0. The van der Waals surface area contributed by atoms with Gasteiger partial charge >= 0.3 is 0 Å². The summed E-state index contributed by atoms with van der Waals surface area (Å²) in [5.74, 6) is 0. The second-order valence-corrected chi connectivity index (χ2v) is 5.96. The zero-order valence-electron chi connectivity index (χ0n) is 9.84. The summed E-state index contributed by atoms with van der Waals surface area (Å²) in [5.41, 5.74) is 0.669. The first-order chi connectivity index (χ1) is 6.41. The molecule has 0 radical (unpaired) electrons. The Bertz CT molecular complexity index is 210. The third kappa shape index (κ3) is 1.81. The molecule has 0 aliphatic carbocycles. The summed E-state index contributed by atoms with van der Waals surface area (Å²) in [5, 5.41) is 2.17. The highest BCUT2D eigenvalue weighted by molar-refractivity contribution is 4.97. The van der Waals surface area contributed by atoms with Crippen LogP contribution in [0.1, 0.15) is 27.2 Å². The minimum Gasteiger partial charge on any atom is -0.305 e. The van der Waals surface area contributed by atoms with E-state index in [4.69, 9.17) is 4.84 Å². The van der Waals surface area contributed by atoms with Crippen molar-refractivity contribution in [3.63, 3.8) is 0 Å². The second kappa shape index (κ2) is 3.19. The molecule has 2 aliphatic rings. The Balaban J connectivity index is 1.98. The van der Waals surface area contributed by atoms with Crippen LogP contribution in [0.5, 0.6) is 0 Å². The largest absolute Gasteiger partial charge is 0.305 e. The average Bonchev–Trinajstić information content (AvgIpc) is 2.00. The molecule has 0 aromatic heterocycles. The molecular weight excluding hydrogens is 176 g/mol. The van der Waals surface area contributed by atoms with Crippen LogP contribution in [0.2, 0.25) is 0 Å². The molecule has 2 heterocycles. The molecule has 0 saturated carbocycles. The predicted octanol–water partition coefficient (Wildman–Crippen LogP) is 1.35. The van der Waals surface area contributed by atoms with Crippen LogP contribution in [-0.2, 0) is 4.84 Å². The van der Waals surface area contributed by atoms with Crippen LogP contribution >= 0.6 is 0 Å². The van der Waals surface area contributed by atoms with E-state index in [0.717, 1.165) is 13.2 Å². The molecule has 0 aromatic rings. The van der Waals surface area contributed by atoms with E-state index in [9.17, 15) is 0 Å². The molecule has 2 rings (SSSR count). The zero-order chi connectivity index (χ0) is 10.4. The molecule has 0 amide bonds. The molecule has 2 saturated heterocycles. The Labute approximate surface area is 87.0 Å². The van der Waals surface area contributed by atoms with Crippen molar-refractivity contribution < 1.29 is 4.84 Å². The van der Waals surface area contributed by atoms with E-state index < -0.39 is 0 Å². The van der Waals surface area contributed by atoms with E-state index in [0.29, 0.717) is 5.41 Å². The van der Waals surface area contributed by atoms with Gasteiger partial charge in [0, 0.05) is 30.6 Å². The molecule has 0 N–H and O–H groups in total. The van der Waals surface area contributed by atoms with E-state index in [1.807, 2.05) is 0 Å². The third-order valence-corrected chi connectivity index (χ3v) is 3.32. The summed E-state index contributed by atoms with van der Waals surface area (Å²) in [6.45, 7) is 11.1. The van der Waals surface area contributed by atoms with Crippen molar-refractivity contribution >= 4 is 0 Å². The van der Waals surface area contributed by atoms with Crippen molar-refractivity contribution in [3.05, 3.63) is 0 Å². The van der Waals surface area contributed by atoms with E-state index in [2.05, 4.69) is 37.8 Å². The summed E-state index contributed by atoms with van der Waals surface area (Å²) >= 11 is 0. The lowest BCUT2D eigenvalue weighted by molar-refractivity contribution is -0.272. The fourth-order valence-electron chi connectivity index (χ4n) is 2.59. The average molecular weight is 198 g/mol. The van der Waals surface area contributed by atoms with Crippen molar-refractivity contribution in [2.24, 2.45) is 5.41 Å². The lowest BCUT2D eigenvalue weighted by Gasteiger charge is -2.55. The molecule has 2 aliphatic heterocycles. The van der Waals surface area contributed by atoms with E-state index in [1.165, 1.54) is 19.5 Å². The Morgan fingerprint density at radius 3 is 2.29 bits per heavy atom. The van der Waals surface area contributed by atoms with Gasteiger partial charge in [-0.15, -0.1) is 0 Å². The molecule has 0 unspecified atom stereocenters. The predicted molar refractivity (Wildman–Crippen MR) is 57.0 cm³/mol. The molecule has 0 atom stereocenters. The summed E-state index contributed by atoms with van der Waals surface area (Å²) in [6.07, 6.45) is 1.23. The van der Waals surface area contributed by atoms with Gasteiger partial charge in [0.1, 0.15) is 0 Å². The third-order valence-electron chi connectivity index (χ3n) is 3.32. The summed E-state index contributed by atoms with van der Waals surface area (Å²) in [7, 11) is 2.20. The van der Waals surface area contributed by atoms with E-state index in [-0.39, 0.29) is 5.54 Å². The van der Waals surface area contributed by atoms with E-state index in [1.54, 1.807) is 0 Å². The lowest BCUT2D eigenvalue weighted by atomic mass is 9.76. The van der Waals surface area contributed by atoms with Gasteiger partial charge in [0.2, 0.25) is 0 Å². The van der Waals surface area contributed by atoms with Gasteiger partial charge in [-0.25, -0.2) is 0 Å². The first-order valence-electron chi connectivity index (χ1n) is 5.50. The van der Waals surface area contributed by atoms with Crippen molar-refractivity contribution in [2.45, 2.75) is 32.7 Å². The highest BCUT2D eigenvalue weighted by atomic mass is 16.7. The standard InChI is InChI=1S/C11H22N2O/c1-10(2,3)13-9-11(5-6-14-13)7-12(4)8-11/h5-9H2,1-4H3. The van der Waals surface area contributed by atoms with Crippen LogP contribution in [-0.4, -0.2) is 48.8 Å². The van der Waals surface area contributed by atoms with Gasteiger partial charge in [-0.05, 0) is 34.2 Å². The molecule has 2 fully saturated rings. The maximum atomic E-state index is 5.72. The molecule has 14 heavy (non-hydrogen) atoms.